The van der Waals surface area contributed by atoms with Gasteiger partial charge in [-0.3, -0.25) is 4.31 Å². The summed E-state index contributed by atoms with van der Waals surface area (Å²) in [5.74, 6) is 0. The Labute approximate surface area is 132 Å². The van der Waals surface area contributed by atoms with Gasteiger partial charge in [-0.2, -0.15) is 13.1 Å². The lowest BCUT2D eigenvalue weighted by Crippen LogP contribution is -2.49. The van der Waals surface area contributed by atoms with Crippen LogP contribution in [0.5, 0.6) is 0 Å². The largest absolute Gasteiger partial charge is 0.301 e. The highest BCUT2D eigenvalue weighted by Crippen LogP contribution is 2.50. The second-order valence-corrected chi connectivity index (χ2v) is 8.74. The summed E-state index contributed by atoms with van der Waals surface area (Å²) in [6.07, 6.45) is 2.07. The third-order valence-electron chi connectivity index (χ3n) is 5.61. The molecule has 0 aliphatic carbocycles. The summed E-state index contributed by atoms with van der Waals surface area (Å²) in [7, 11) is -3.37. The summed E-state index contributed by atoms with van der Waals surface area (Å²) < 4.78 is 29.1. The predicted molar refractivity (Wildman–Crippen MR) is 87.2 cm³/mol. The number of nitrogens with zero attached hydrogens (tertiary/aromatic N) is 2. The number of piperidine rings is 1. The average Bonchev–Trinajstić information content (AvgIpc) is 2.81. The van der Waals surface area contributed by atoms with Gasteiger partial charge in [0.05, 0.1) is 5.69 Å². The topological polar surface area (TPSA) is 52.6 Å². The smallest absolute Gasteiger partial charge is 0.301 e. The summed E-state index contributed by atoms with van der Waals surface area (Å²) >= 11 is 0. The zero-order valence-corrected chi connectivity index (χ0v) is 14.0. The Balaban J connectivity index is 1.76. The third kappa shape index (κ3) is 1.94. The minimum Gasteiger partial charge on any atom is -0.301 e. The van der Waals surface area contributed by atoms with Gasteiger partial charge in [-0.05, 0) is 50.9 Å². The van der Waals surface area contributed by atoms with Crippen molar-refractivity contribution in [3.05, 3.63) is 29.3 Å². The molecule has 0 atom stereocenters. The van der Waals surface area contributed by atoms with Gasteiger partial charge in [0, 0.05) is 24.5 Å². The van der Waals surface area contributed by atoms with E-state index in [1.165, 1.54) is 5.56 Å². The molecule has 0 unspecified atom stereocenters. The van der Waals surface area contributed by atoms with Crippen molar-refractivity contribution in [1.82, 2.24) is 9.62 Å². The van der Waals surface area contributed by atoms with E-state index < -0.39 is 10.2 Å². The number of anilines is 1. The first kappa shape index (κ1) is 14.5. The van der Waals surface area contributed by atoms with Crippen molar-refractivity contribution in [3.8, 4) is 0 Å². The van der Waals surface area contributed by atoms with E-state index in [9.17, 15) is 8.42 Å². The summed E-state index contributed by atoms with van der Waals surface area (Å²) in [6.45, 7) is 7.56. The van der Waals surface area contributed by atoms with E-state index in [4.69, 9.17) is 0 Å². The van der Waals surface area contributed by atoms with Crippen LogP contribution in [0.15, 0.2) is 18.2 Å². The molecule has 0 aromatic heterocycles. The fourth-order valence-electron chi connectivity index (χ4n) is 4.24. The molecule has 5 nitrogen and oxygen atoms in total. The molecule has 6 heteroatoms. The molecule has 4 rings (SSSR count). The highest BCUT2D eigenvalue weighted by Gasteiger charge is 2.50. The lowest BCUT2D eigenvalue weighted by Gasteiger charge is -2.41. The molecule has 1 fully saturated rings. The lowest BCUT2D eigenvalue weighted by molar-refractivity contribution is 0.136. The Morgan fingerprint density at radius 3 is 2.64 bits per heavy atom. The van der Waals surface area contributed by atoms with Crippen LogP contribution in [-0.4, -0.2) is 39.0 Å². The van der Waals surface area contributed by atoms with E-state index in [1.54, 1.807) is 4.31 Å². The molecule has 0 saturated carbocycles. The van der Waals surface area contributed by atoms with E-state index in [0.717, 1.165) is 37.2 Å². The molecule has 120 valence electrons. The molecule has 0 amide bonds. The third-order valence-corrected chi connectivity index (χ3v) is 7.01. The molecule has 1 spiro atoms. The van der Waals surface area contributed by atoms with Crippen molar-refractivity contribution in [1.29, 1.82) is 0 Å². The van der Waals surface area contributed by atoms with Crippen molar-refractivity contribution in [3.63, 3.8) is 0 Å². The maximum atomic E-state index is 12.4. The van der Waals surface area contributed by atoms with Gasteiger partial charge in [0.15, 0.2) is 0 Å². The van der Waals surface area contributed by atoms with Gasteiger partial charge in [0.1, 0.15) is 0 Å². The second kappa shape index (κ2) is 4.69. The number of likely N-dealkylation sites (tertiary alicyclic amines) is 1. The molecule has 1 N–H and O–H groups in total. The number of fused-ring (bicyclic) bond motifs is 1. The zero-order valence-electron chi connectivity index (χ0n) is 13.2. The van der Waals surface area contributed by atoms with Gasteiger partial charge in [0.2, 0.25) is 0 Å². The maximum Gasteiger partial charge on any atom is 0.301 e. The number of para-hydroxylation sites is 1. The van der Waals surface area contributed by atoms with Crippen molar-refractivity contribution in [2.75, 3.05) is 23.9 Å². The second-order valence-electron chi connectivity index (χ2n) is 7.06. The maximum absolute atomic E-state index is 12.4. The van der Waals surface area contributed by atoms with E-state index in [1.807, 2.05) is 6.07 Å². The first-order valence-corrected chi connectivity index (χ1v) is 9.51. The fourth-order valence-corrected chi connectivity index (χ4v) is 5.61. The minimum absolute atomic E-state index is 0.00414. The van der Waals surface area contributed by atoms with Gasteiger partial charge in [-0.25, -0.2) is 0 Å². The van der Waals surface area contributed by atoms with E-state index >= 15 is 0 Å². The van der Waals surface area contributed by atoms with Gasteiger partial charge in [0.25, 0.3) is 0 Å². The van der Waals surface area contributed by atoms with E-state index in [2.05, 4.69) is 35.6 Å². The molecule has 1 saturated heterocycles. The predicted octanol–water partition coefficient (Wildman–Crippen LogP) is 1.60. The quantitative estimate of drug-likeness (QED) is 0.855. The summed E-state index contributed by atoms with van der Waals surface area (Å²) in [4.78, 5) is 2.49. The van der Waals surface area contributed by atoms with Crippen molar-refractivity contribution in [2.24, 2.45) is 0 Å². The monoisotopic (exact) mass is 321 g/mol. The summed E-state index contributed by atoms with van der Waals surface area (Å²) in [5.41, 5.74) is 3.31. The van der Waals surface area contributed by atoms with Gasteiger partial charge < -0.3 is 4.90 Å². The standard InChI is InChI=1S/C16H23N3O2S/c1-12(2)18-8-6-16(7-9-18)11-19-15-13(4-3-5-14(15)16)10-17-22(19,20)21/h3-5,12,17H,6-11H2,1-2H3. The Kier molecular flexibility index (Phi) is 3.09. The molecule has 3 aliphatic rings. The highest BCUT2D eigenvalue weighted by atomic mass is 32.2. The number of hydrogen-bond acceptors (Lipinski definition) is 3. The van der Waals surface area contributed by atoms with Gasteiger partial charge in [-0.15, -0.1) is 0 Å². The Hall–Kier alpha value is -1.11. The van der Waals surface area contributed by atoms with E-state index in [0.29, 0.717) is 19.1 Å². The molecule has 3 aliphatic heterocycles. The van der Waals surface area contributed by atoms with Crippen LogP contribution in [0.2, 0.25) is 0 Å². The SMILES string of the molecule is CC(C)N1CCC2(CC1)CN1c3c(cccc32)CNS1(=O)=O. The molecular formula is C16H23N3O2S. The fraction of sp³-hybridized carbons (Fsp3) is 0.625. The van der Waals surface area contributed by atoms with Gasteiger partial charge in [-0.1, -0.05) is 18.2 Å². The molecular weight excluding hydrogens is 298 g/mol. The number of hydrogen-bond donors (Lipinski definition) is 1. The zero-order chi connectivity index (χ0) is 15.5. The van der Waals surface area contributed by atoms with Crippen LogP contribution >= 0.6 is 0 Å². The van der Waals surface area contributed by atoms with Crippen molar-refractivity contribution < 1.29 is 8.42 Å². The van der Waals surface area contributed by atoms with Crippen LogP contribution in [0, 0.1) is 0 Å². The van der Waals surface area contributed by atoms with Crippen LogP contribution in [-0.2, 0) is 22.2 Å². The van der Waals surface area contributed by atoms with Crippen LogP contribution in [0.3, 0.4) is 0 Å². The normalized spacial score (nSPS) is 25.7. The van der Waals surface area contributed by atoms with Crippen LogP contribution in [0.25, 0.3) is 0 Å². The van der Waals surface area contributed by atoms with Crippen molar-refractivity contribution in [2.45, 2.75) is 44.7 Å². The average molecular weight is 321 g/mol. The Morgan fingerprint density at radius 1 is 1.23 bits per heavy atom. The highest BCUT2D eigenvalue weighted by molar-refractivity contribution is 7.91. The number of nitrogens with one attached hydrogen (secondary N) is 1. The molecule has 1 aromatic carbocycles. The first-order chi connectivity index (χ1) is 10.4. The molecule has 3 heterocycles. The summed E-state index contributed by atoms with van der Waals surface area (Å²) in [6, 6.07) is 6.82. The van der Waals surface area contributed by atoms with Gasteiger partial charge >= 0.3 is 10.2 Å². The van der Waals surface area contributed by atoms with Crippen LogP contribution in [0.1, 0.15) is 37.8 Å². The molecule has 0 radical (unpaired) electrons. The Morgan fingerprint density at radius 2 is 1.95 bits per heavy atom. The Bertz CT molecular complexity index is 706. The number of benzene rings is 1. The minimum atomic E-state index is -3.37. The molecule has 22 heavy (non-hydrogen) atoms. The van der Waals surface area contributed by atoms with Crippen molar-refractivity contribution >= 4 is 15.9 Å². The summed E-state index contributed by atoms with van der Waals surface area (Å²) in [5, 5.41) is 0. The first-order valence-electron chi connectivity index (χ1n) is 8.07. The number of rotatable bonds is 1. The van der Waals surface area contributed by atoms with Crippen LogP contribution < -0.4 is 9.03 Å². The lowest BCUT2D eigenvalue weighted by atomic mass is 9.74. The van der Waals surface area contributed by atoms with Crippen LogP contribution in [0.4, 0.5) is 5.69 Å². The van der Waals surface area contributed by atoms with E-state index in [-0.39, 0.29) is 5.41 Å². The molecule has 0 bridgehead atoms. The molecule has 1 aromatic rings.